The molecule has 2 heterocycles. The van der Waals surface area contributed by atoms with E-state index in [-0.39, 0.29) is 11.2 Å². The average Bonchev–Trinajstić information content (AvgIpc) is 2.35. The first kappa shape index (κ1) is 13.3. The standard InChI is InChI=1S/C11H19ClN6/c12-9-15-10(13)17-11(16-9)14-5-4-8-18-6-2-1-3-7-18/h1-8H2,(H3,13,14,15,16,17). The summed E-state index contributed by atoms with van der Waals surface area (Å²) in [5.74, 6) is 0.597. The van der Waals surface area contributed by atoms with Gasteiger partial charge in [0.1, 0.15) is 0 Å². The number of rotatable bonds is 5. The number of nitrogen functional groups attached to an aromatic ring is 1. The van der Waals surface area contributed by atoms with Crippen molar-refractivity contribution in [3.8, 4) is 0 Å². The Bertz CT molecular complexity index is 360. The number of nitrogens with zero attached hydrogens (tertiary/aromatic N) is 4. The van der Waals surface area contributed by atoms with Crippen LogP contribution in [-0.4, -0.2) is 46.0 Å². The van der Waals surface area contributed by atoms with Crippen molar-refractivity contribution in [1.29, 1.82) is 0 Å². The molecule has 7 heteroatoms. The summed E-state index contributed by atoms with van der Waals surface area (Å²) < 4.78 is 0. The maximum absolute atomic E-state index is 5.69. The molecule has 0 spiro atoms. The number of likely N-dealkylation sites (tertiary alicyclic amines) is 1. The van der Waals surface area contributed by atoms with Crippen LogP contribution >= 0.6 is 11.6 Å². The van der Waals surface area contributed by atoms with Gasteiger partial charge in [0.2, 0.25) is 17.2 Å². The first-order valence-corrected chi connectivity index (χ1v) is 6.75. The molecule has 0 unspecified atom stereocenters. The molecule has 0 amide bonds. The zero-order chi connectivity index (χ0) is 12.8. The third kappa shape index (κ3) is 4.27. The van der Waals surface area contributed by atoms with Crippen LogP contribution in [0, 0.1) is 0 Å². The van der Waals surface area contributed by atoms with Gasteiger partial charge in [-0.05, 0) is 50.5 Å². The summed E-state index contributed by atoms with van der Waals surface area (Å²) in [4.78, 5) is 14.1. The Kier molecular flexibility index (Phi) is 4.95. The first-order valence-electron chi connectivity index (χ1n) is 6.37. The Balaban J connectivity index is 1.68. The maximum Gasteiger partial charge on any atom is 0.228 e. The maximum atomic E-state index is 5.69. The van der Waals surface area contributed by atoms with E-state index in [1.54, 1.807) is 0 Å². The van der Waals surface area contributed by atoms with E-state index in [9.17, 15) is 0 Å². The molecular weight excluding hydrogens is 252 g/mol. The van der Waals surface area contributed by atoms with E-state index >= 15 is 0 Å². The lowest BCUT2D eigenvalue weighted by Gasteiger charge is -2.26. The zero-order valence-electron chi connectivity index (χ0n) is 10.4. The van der Waals surface area contributed by atoms with Gasteiger partial charge in [0.15, 0.2) is 0 Å². The van der Waals surface area contributed by atoms with Gasteiger partial charge in [0.05, 0.1) is 0 Å². The van der Waals surface area contributed by atoms with E-state index in [4.69, 9.17) is 17.3 Å². The Morgan fingerprint density at radius 1 is 1.17 bits per heavy atom. The smallest absolute Gasteiger partial charge is 0.228 e. The normalized spacial score (nSPS) is 16.7. The molecule has 1 aromatic rings. The minimum Gasteiger partial charge on any atom is -0.368 e. The lowest BCUT2D eigenvalue weighted by Crippen LogP contribution is -2.31. The van der Waals surface area contributed by atoms with Gasteiger partial charge in [0, 0.05) is 6.54 Å². The first-order chi connectivity index (χ1) is 8.74. The van der Waals surface area contributed by atoms with Gasteiger partial charge in [-0.25, -0.2) is 0 Å². The van der Waals surface area contributed by atoms with Crippen LogP contribution in [0.3, 0.4) is 0 Å². The fraction of sp³-hybridized carbons (Fsp3) is 0.727. The second kappa shape index (κ2) is 6.70. The Hall–Kier alpha value is -1.14. The van der Waals surface area contributed by atoms with E-state index in [1.807, 2.05) is 0 Å². The number of hydrogen-bond acceptors (Lipinski definition) is 6. The largest absolute Gasteiger partial charge is 0.368 e. The number of nitrogens with two attached hydrogens (primary N) is 1. The van der Waals surface area contributed by atoms with Crippen molar-refractivity contribution in [2.45, 2.75) is 25.7 Å². The van der Waals surface area contributed by atoms with Crippen molar-refractivity contribution >= 4 is 23.5 Å². The van der Waals surface area contributed by atoms with Crippen LogP contribution in [0.25, 0.3) is 0 Å². The molecule has 1 aromatic heterocycles. The summed E-state index contributed by atoms with van der Waals surface area (Å²) in [5.41, 5.74) is 5.49. The van der Waals surface area contributed by atoms with Gasteiger partial charge in [-0.15, -0.1) is 0 Å². The molecule has 100 valence electrons. The molecule has 2 rings (SSSR count). The highest BCUT2D eigenvalue weighted by atomic mass is 35.5. The molecule has 1 aliphatic heterocycles. The Morgan fingerprint density at radius 3 is 2.67 bits per heavy atom. The van der Waals surface area contributed by atoms with Crippen LogP contribution in [0.5, 0.6) is 0 Å². The van der Waals surface area contributed by atoms with Gasteiger partial charge >= 0.3 is 0 Å². The number of halogens is 1. The van der Waals surface area contributed by atoms with Crippen molar-refractivity contribution in [1.82, 2.24) is 19.9 Å². The fourth-order valence-corrected chi connectivity index (χ4v) is 2.30. The van der Waals surface area contributed by atoms with Gasteiger partial charge in [-0.3, -0.25) is 0 Å². The fourth-order valence-electron chi connectivity index (χ4n) is 2.13. The molecule has 3 N–H and O–H groups in total. The highest BCUT2D eigenvalue weighted by Crippen LogP contribution is 2.09. The second-order valence-electron chi connectivity index (χ2n) is 4.47. The highest BCUT2D eigenvalue weighted by Gasteiger charge is 2.09. The van der Waals surface area contributed by atoms with E-state index in [1.165, 1.54) is 32.4 Å². The third-order valence-electron chi connectivity index (χ3n) is 3.01. The number of piperidine rings is 1. The van der Waals surface area contributed by atoms with Gasteiger partial charge in [-0.1, -0.05) is 6.42 Å². The predicted octanol–water partition coefficient (Wildman–Crippen LogP) is 1.40. The second-order valence-corrected chi connectivity index (χ2v) is 4.81. The summed E-state index contributed by atoms with van der Waals surface area (Å²) in [7, 11) is 0. The quantitative estimate of drug-likeness (QED) is 0.787. The zero-order valence-corrected chi connectivity index (χ0v) is 11.2. The summed E-state index contributed by atoms with van der Waals surface area (Å²) in [6.07, 6.45) is 5.08. The average molecular weight is 271 g/mol. The van der Waals surface area contributed by atoms with Crippen LogP contribution in [0.15, 0.2) is 0 Å². The molecule has 0 aromatic carbocycles. The van der Waals surface area contributed by atoms with Crippen LogP contribution < -0.4 is 11.1 Å². The van der Waals surface area contributed by atoms with Crippen LogP contribution in [0.4, 0.5) is 11.9 Å². The Labute approximate surface area is 112 Å². The van der Waals surface area contributed by atoms with Crippen molar-refractivity contribution in [2.75, 3.05) is 37.2 Å². The summed E-state index contributed by atoms with van der Waals surface area (Å²) in [6, 6.07) is 0. The molecule has 1 aliphatic rings. The minimum absolute atomic E-state index is 0.126. The lowest BCUT2D eigenvalue weighted by atomic mass is 10.1. The van der Waals surface area contributed by atoms with E-state index in [2.05, 4.69) is 25.2 Å². The van der Waals surface area contributed by atoms with Gasteiger partial charge < -0.3 is 16.0 Å². The van der Waals surface area contributed by atoms with Crippen molar-refractivity contribution in [3.63, 3.8) is 0 Å². The molecule has 6 nitrogen and oxygen atoms in total. The SMILES string of the molecule is Nc1nc(Cl)nc(NCCCN2CCCCC2)n1. The number of anilines is 2. The van der Waals surface area contributed by atoms with Crippen molar-refractivity contribution in [3.05, 3.63) is 5.28 Å². The Morgan fingerprint density at radius 2 is 1.94 bits per heavy atom. The summed E-state index contributed by atoms with van der Waals surface area (Å²) in [6.45, 7) is 4.38. The third-order valence-corrected chi connectivity index (χ3v) is 3.18. The predicted molar refractivity (Wildman–Crippen MR) is 72.6 cm³/mol. The summed E-state index contributed by atoms with van der Waals surface area (Å²) >= 11 is 5.69. The molecule has 18 heavy (non-hydrogen) atoms. The molecule has 0 saturated carbocycles. The van der Waals surface area contributed by atoms with E-state index in [0.29, 0.717) is 5.95 Å². The molecule has 0 atom stereocenters. The molecular formula is C11H19ClN6. The topological polar surface area (TPSA) is 80.0 Å². The molecule has 0 aliphatic carbocycles. The monoisotopic (exact) mass is 270 g/mol. The van der Waals surface area contributed by atoms with Gasteiger partial charge in [-0.2, -0.15) is 15.0 Å². The molecule has 0 radical (unpaired) electrons. The van der Waals surface area contributed by atoms with Crippen molar-refractivity contribution < 1.29 is 0 Å². The lowest BCUT2D eigenvalue weighted by molar-refractivity contribution is 0.228. The van der Waals surface area contributed by atoms with Gasteiger partial charge in [0.25, 0.3) is 0 Å². The molecule has 1 saturated heterocycles. The molecule has 1 fully saturated rings. The van der Waals surface area contributed by atoms with Crippen LogP contribution in [0.2, 0.25) is 5.28 Å². The van der Waals surface area contributed by atoms with Crippen molar-refractivity contribution in [2.24, 2.45) is 0 Å². The van der Waals surface area contributed by atoms with Crippen LogP contribution in [-0.2, 0) is 0 Å². The number of aromatic nitrogens is 3. The summed E-state index contributed by atoms with van der Waals surface area (Å²) in [5, 5.41) is 3.24. The molecule has 0 bridgehead atoms. The highest BCUT2D eigenvalue weighted by molar-refractivity contribution is 6.28. The minimum atomic E-state index is 0.126. The van der Waals surface area contributed by atoms with E-state index in [0.717, 1.165) is 19.5 Å². The number of hydrogen-bond donors (Lipinski definition) is 2. The van der Waals surface area contributed by atoms with E-state index < -0.39 is 0 Å². The van der Waals surface area contributed by atoms with Crippen LogP contribution in [0.1, 0.15) is 25.7 Å². The number of nitrogens with one attached hydrogen (secondary N) is 1.